The van der Waals surface area contributed by atoms with Crippen LogP contribution in [0.4, 0.5) is 14.5 Å². The van der Waals surface area contributed by atoms with E-state index in [1.165, 1.54) is 12.1 Å². The Morgan fingerprint density at radius 2 is 1.76 bits per heavy atom. The van der Waals surface area contributed by atoms with Crippen molar-refractivity contribution in [3.8, 4) is 11.5 Å². The normalized spacial score (nSPS) is 10.3. The molecule has 0 fully saturated rings. The second kappa shape index (κ2) is 4.59. The van der Waals surface area contributed by atoms with Gasteiger partial charge in [-0.25, -0.2) is 4.39 Å². The van der Waals surface area contributed by atoms with Gasteiger partial charge in [0.1, 0.15) is 0 Å². The molecule has 0 unspecified atom stereocenters. The summed E-state index contributed by atoms with van der Waals surface area (Å²) < 4.78 is 31.5. The van der Waals surface area contributed by atoms with E-state index in [1.807, 2.05) is 0 Å². The molecule has 0 aliphatic carbocycles. The van der Waals surface area contributed by atoms with Gasteiger partial charge in [-0.05, 0) is 24.3 Å². The van der Waals surface area contributed by atoms with E-state index in [2.05, 4.69) is 0 Å². The molecule has 0 aliphatic rings. The molecular weight excluding hydrogens is 248 g/mol. The molecule has 88 valence electrons. The summed E-state index contributed by atoms with van der Waals surface area (Å²) in [7, 11) is 0. The molecule has 0 saturated heterocycles. The van der Waals surface area contributed by atoms with Gasteiger partial charge in [0.25, 0.3) is 0 Å². The van der Waals surface area contributed by atoms with Gasteiger partial charge in [0.15, 0.2) is 17.3 Å². The van der Waals surface area contributed by atoms with Crippen LogP contribution in [-0.2, 0) is 0 Å². The fraction of sp³-hybridized carbons (Fsp3) is 0. The van der Waals surface area contributed by atoms with Crippen LogP contribution in [0.3, 0.4) is 0 Å². The first-order valence-corrected chi connectivity index (χ1v) is 5.13. The minimum atomic E-state index is -1.08. The van der Waals surface area contributed by atoms with Gasteiger partial charge in [0.2, 0.25) is 5.82 Å². The number of nitrogens with two attached hydrogens (primary N) is 1. The molecule has 2 rings (SSSR count). The van der Waals surface area contributed by atoms with E-state index in [1.54, 1.807) is 18.2 Å². The van der Waals surface area contributed by atoms with Crippen molar-refractivity contribution in [3.05, 3.63) is 53.1 Å². The largest absolute Gasteiger partial charge is 0.450 e. The van der Waals surface area contributed by atoms with Gasteiger partial charge in [0.05, 0.1) is 10.7 Å². The number of ether oxygens (including phenoxy) is 1. The Balaban J connectivity index is 2.42. The molecule has 0 saturated carbocycles. The van der Waals surface area contributed by atoms with Crippen molar-refractivity contribution in [1.29, 1.82) is 0 Å². The number of halogens is 3. The van der Waals surface area contributed by atoms with Crippen LogP contribution in [0.1, 0.15) is 0 Å². The highest BCUT2D eigenvalue weighted by Crippen LogP contribution is 2.35. The van der Waals surface area contributed by atoms with Gasteiger partial charge in [-0.1, -0.05) is 23.7 Å². The summed E-state index contributed by atoms with van der Waals surface area (Å²) in [6, 6.07) is 8.36. The zero-order chi connectivity index (χ0) is 12.4. The number of anilines is 1. The van der Waals surface area contributed by atoms with Crippen LogP contribution in [-0.4, -0.2) is 0 Å². The van der Waals surface area contributed by atoms with Crippen molar-refractivity contribution in [2.75, 3.05) is 5.73 Å². The van der Waals surface area contributed by atoms with Gasteiger partial charge in [-0.2, -0.15) is 4.39 Å². The lowest BCUT2D eigenvalue weighted by molar-refractivity contribution is 0.417. The maximum Gasteiger partial charge on any atom is 0.201 e. The smallest absolute Gasteiger partial charge is 0.201 e. The Hall–Kier alpha value is -1.81. The Morgan fingerprint density at radius 1 is 1.06 bits per heavy atom. The lowest BCUT2D eigenvalue weighted by atomic mass is 10.3. The summed E-state index contributed by atoms with van der Waals surface area (Å²) in [5.41, 5.74) is 5.88. The molecule has 17 heavy (non-hydrogen) atoms. The Morgan fingerprint density at radius 3 is 2.47 bits per heavy atom. The molecule has 0 atom stereocenters. The monoisotopic (exact) mass is 255 g/mol. The number of benzene rings is 2. The molecule has 0 aromatic heterocycles. The number of para-hydroxylation sites is 1. The van der Waals surface area contributed by atoms with E-state index in [-0.39, 0.29) is 22.2 Å². The lowest BCUT2D eigenvalue weighted by Gasteiger charge is -2.10. The third kappa shape index (κ3) is 2.31. The van der Waals surface area contributed by atoms with Gasteiger partial charge >= 0.3 is 0 Å². The summed E-state index contributed by atoms with van der Waals surface area (Å²) in [6.07, 6.45) is 0. The minimum Gasteiger partial charge on any atom is -0.450 e. The number of hydrogen-bond donors (Lipinski definition) is 1. The molecule has 0 spiro atoms. The maximum atomic E-state index is 13.4. The molecule has 0 heterocycles. The van der Waals surface area contributed by atoms with E-state index in [0.29, 0.717) is 0 Å². The third-order valence-electron chi connectivity index (χ3n) is 2.13. The molecule has 2 nitrogen and oxygen atoms in total. The van der Waals surface area contributed by atoms with Crippen LogP contribution in [0, 0.1) is 11.6 Å². The second-order valence-electron chi connectivity index (χ2n) is 3.31. The van der Waals surface area contributed by atoms with E-state index < -0.39 is 11.6 Å². The Labute approximate surface area is 102 Å². The fourth-order valence-electron chi connectivity index (χ4n) is 1.31. The summed E-state index contributed by atoms with van der Waals surface area (Å²) in [6.45, 7) is 0. The van der Waals surface area contributed by atoms with E-state index >= 15 is 0 Å². The topological polar surface area (TPSA) is 35.2 Å². The first-order valence-electron chi connectivity index (χ1n) is 4.75. The molecule has 0 bridgehead atoms. The maximum absolute atomic E-state index is 13.4. The summed E-state index contributed by atoms with van der Waals surface area (Å²) in [5.74, 6) is -2.22. The van der Waals surface area contributed by atoms with E-state index in [4.69, 9.17) is 22.1 Å². The quantitative estimate of drug-likeness (QED) is 0.824. The highest BCUT2D eigenvalue weighted by atomic mass is 35.5. The summed E-state index contributed by atoms with van der Waals surface area (Å²) >= 11 is 5.85. The van der Waals surface area contributed by atoms with Crippen molar-refractivity contribution < 1.29 is 13.5 Å². The molecule has 2 aromatic carbocycles. The zero-order valence-electron chi connectivity index (χ0n) is 8.58. The number of nitrogen functional groups attached to an aromatic ring is 1. The van der Waals surface area contributed by atoms with Crippen molar-refractivity contribution >= 4 is 17.3 Å². The van der Waals surface area contributed by atoms with Gasteiger partial charge in [-0.3, -0.25) is 0 Å². The Bertz CT molecular complexity index is 540. The number of rotatable bonds is 2. The predicted molar refractivity (Wildman–Crippen MR) is 62.3 cm³/mol. The van der Waals surface area contributed by atoms with Crippen molar-refractivity contribution in [3.63, 3.8) is 0 Å². The first-order chi connectivity index (χ1) is 8.09. The number of hydrogen-bond acceptors (Lipinski definition) is 2. The molecule has 2 N–H and O–H groups in total. The molecule has 0 aliphatic heterocycles. The third-order valence-corrected chi connectivity index (χ3v) is 2.42. The van der Waals surface area contributed by atoms with Crippen molar-refractivity contribution in [2.24, 2.45) is 0 Å². The van der Waals surface area contributed by atoms with Crippen LogP contribution >= 0.6 is 11.6 Å². The van der Waals surface area contributed by atoms with Crippen LogP contribution < -0.4 is 10.5 Å². The van der Waals surface area contributed by atoms with Gasteiger partial charge < -0.3 is 10.5 Å². The summed E-state index contributed by atoms with van der Waals surface area (Å²) in [5, 5.41) is 0.230. The minimum absolute atomic E-state index is 0.110. The van der Waals surface area contributed by atoms with Crippen molar-refractivity contribution in [1.82, 2.24) is 0 Å². The molecular formula is C12H8ClF2NO. The zero-order valence-corrected chi connectivity index (χ0v) is 9.34. The van der Waals surface area contributed by atoms with Crippen molar-refractivity contribution in [2.45, 2.75) is 0 Å². The molecule has 2 aromatic rings. The summed E-state index contributed by atoms with van der Waals surface area (Å²) in [4.78, 5) is 0. The molecule has 5 heteroatoms. The molecule has 0 radical (unpaired) electrons. The van der Waals surface area contributed by atoms with E-state index in [0.717, 1.165) is 6.07 Å². The average Bonchev–Trinajstić information content (AvgIpc) is 2.29. The highest BCUT2D eigenvalue weighted by molar-refractivity contribution is 6.32. The predicted octanol–water partition coefficient (Wildman–Crippen LogP) is 3.99. The highest BCUT2D eigenvalue weighted by Gasteiger charge is 2.13. The van der Waals surface area contributed by atoms with E-state index in [9.17, 15) is 8.78 Å². The SMILES string of the molecule is Nc1cccc(Cl)c1Oc1cccc(F)c1F. The van der Waals surface area contributed by atoms with Crippen LogP contribution in [0.5, 0.6) is 11.5 Å². The van der Waals surface area contributed by atoms with Gasteiger partial charge in [0, 0.05) is 0 Å². The first kappa shape index (κ1) is 11.7. The van der Waals surface area contributed by atoms with Crippen LogP contribution in [0.2, 0.25) is 5.02 Å². The van der Waals surface area contributed by atoms with Crippen LogP contribution in [0.15, 0.2) is 36.4 Å². The standard InChI is InChI=1S/C12H8ClF2NO/c13-7-3-1-5-9(16)12(7)17-10-6-2-4-8(14)11(10)15/h1-6H,16H2. The fourth-order valence-corrected chi connectivity index (χ4v) is 1.53. The Kier molecular flexibility index (Phi) is 3.15. The average molecular weight is 256 g/mol. The van der Waals surface area contributed by atoms with Crippen LogP contribution in [0.25, 0.3) is 0 Å². The molecule has 0 amide bonds. The second-order valence-corrected chi connectivity index (χ2v) is 3.72. The lowest BCUT2D eigenvalue weighted by Crippen LogP contribution is -1.95. The van der Waals surface area contributed by atoms with Gasteiger partial charge in [-0.15, -0.1) is 0 Å².